The third kappa shape index (κ3) is 5.51. The van der Waals surface area contributed by atoms with Gasteiger partial charge in [0.1, 0.15) is 0 Å². The van der Waals surface area contributed by atoms with Gasteiger partial charge in [0.2, 0.25) is 0 Å². The van der Waals surface area contributed by atoms with Gasteiger partial charge in [-0.05, 0) is 38.7 Å². The Balaban J connectivity index is 3.98. The van der Waals surface area contributed by atoms with Gasteiger partial charge in [-0.25, -0.2) is 0 Å². The van der Waals surface area contributed by atoms with E-state index in [0.717, 1.165) is 25.2 Å². The van der Waals surface area contributed by atoms with E-state index in [1.807, 2.05) is 13.0 Å². The molecule has 1 nitrogen and oxygen atoms in total. The summed E-state index contributed by atoms with van der Waals surface area (Å²) >= 11 is 0. The van der Waals surface area contributed by atoms with E-state index in [9.17, 15) is 0 Å². The maximum absolute atomic E-state index is 5.54. The molecule has 0 aliphatic heterocycles. The Hall–Kier alpha value is -0.720. The second-order valence-electron chi connectivity index (χ2n) is 3.61. The summed E-state index contributed by atoms with van der Waals surface area (Å²) in [7, 11) is 0. The van der Waals surface area contributed by atoms with Crippen molar-refractivity contribution in [3.05, 3.63) is 24.0 Å². The van der Waals surface area contributed by atoms with Crippen LogP contribution in [0, 0.1) is 5.92 Å². The van der Waals surface area contributed by atoms with Gasteiger partial charge in [-0.15, -0.1) is 6.58 Å². The maximum Gasteiger partial charge on any atom is 0.0946 e. The van der Waals surface area contributed by atoms with E-state index >= 15 is 0 Å². The first-order chi connectivity index (χ1) is 6.11. The van der Waals surface area contributed by atoms with Crippen LogP contribution in [0.2, 0.25) is 0 Å². The van der Waals surface area contributed by atoms with Crippen LogP contribution in [0.25, 0.3) is 0 Å². The van der Waals surface area contributed by atoms with Gasteiger partial charge in [0.05, 0.1) is 12.4 Å². The first-order valence-corrected chi connectivity index (χ1v) is 5.03. The third-order valence-corrected chi connectivity index (χ3v) is 2.11. The summed E-state index contributed by atoms with van der Waals surface area (Å²) in [5, 5.41) is 0. The highest BCUT2D eigenvalue weighted by atomic mass is 16.5. The van der Waals surface area contributed by atoms with Crippen LogP contribution in [0.4, 0.5) is 0 Å². The van der Waals surface area contributed by atoms with Gasteiger partial charge in [0.15, 0.2) is 0 Å². The molecule has 0 aromatic heterocycles. The second-order valence-corrected chi connectivity index (χ2v) is 3.61. The van der Waals surface area contributed by atoms with E-state index in [0.29, 0.717) is 5.92 Å². The zero-order valence-electron chi connectivity index (χ0n) is 9.39. The predicted molar refractivity (Wildman–Crippen MR) is 58.6 cm³/mol. The molecular formula is C12H22O. The summed E-state index contributed by atoms with van der Waals surface area (Å²) in [6.07, 6.45) is 4.15. The first-order valence-electron chi connectivity index (χ1n) is 5.03. The van der Waals surface area contributed by atoms with Gasteiger partial charge >= 0.3 is 0 Å². The number of hydrogen-bond acceptors (Lipinski definition) is 1. The minimum atomic E-state index is 0.579. The maximum atomic E-state index is 5.54. The molecule has 0 N–H and O–H groups in total. The van der Waals surface area contributed by atoms with Crippen LogP contribution in [0.15, 0.2) is 24.0 Å². The molecule has 0 amide bonds. The van der Waals surface area contributed by atoms with Gasteiger partial charge in [0, 0.05) is 6.42 Å². The quantitative estimate of drug-likeness (QED) is 0.447. The predicted octanol–water partition coefficient (Wildman–Crippen LogP) is 3.92. The Morgan fingerprint density at radius 1 is 1.46 bits per heavy atom. The van der Waals surface area contributed by atoms with Gasteiger partial charge in [-0.2, -0.15) is 0 Å². The minimum Gasteiger partial charge on any atom is -0.498 e. The van der Waals surface area contributed by atoms with Crippen molar-refractivity contribution in [3.63, 3.8) is 0 Å². The topological polar surface area (TPSA) is 9.23 Å². The Morgan fingerprint density at radius 3 is 2.46 bits per heavy atom. The van der Waals surface area contributed by atoms with E-state index < -0.39 is 0 Å². The van der Waals surface area contributed by atoms with Gasteiger partial charge in [0.25, 0.3) is 0 Å². The lowest BCUT2D eigenvalue weighted by Gasteiger charge is -2.12. The fourth-order valence-electron chi connectivity index (χ4n) is 1.12. The molecule has 0 fully saturated rings. The molecule has 0 saturated carbocycles. The van der Waals surface area contributed by atoms with Crippen LogP contribution >= 0.6 is 0 Å². The molecule has 76 valence electrons. The summed E-state index contributed by atoms with van der Waals surface area (Å²) in [5.74, 6) is 1.73. The van der Waals surface area contributed by atoms with Crippen LogP contribution in [0.1, 0.15) is 40.5 Å². The largest absolute Gasteiger partial charge is 0.498 e. The summed E-state index contributed by atoms with van der Waals surface area (Å²) in [6, 6.07) is 0. The van der Waals surface area contributed by atoms with Gasteiger partial charge < -0.3 is 4.74 Å². The molecule has 0 saturated heterocycles. The molecular weight excluding hydrogens is 160 g/mol. The Labute approximate surface area is 82.5 Å². The fraction of sp³-hybridized carbons (Fsp3) is 0.667. The molecule has 1 unspecified atom stereocenters. The molecule has 0 aliphatic carbocycles. The van der Waals surface area contributed by atoms with E-state index in [1.54, 1.807) is 0 Å². The molecule has 0 heterocycles. The Kier molecular flexibility index (Phi) is 6.38. The lowest BCUT2D eigenvalue weighted by Crippen LogP contribution is -1.97. The smallest absolute Gasteiger partial charge is 0.0946 e. The summed E-state index contributed by atoms with van der Waals surface area (Å²) in [4.78, 5) is 0. The molecule has 13 heavy (non-hydrogen) atoms. The molecule has 0 aromatic carbocycles. The number of allylic oxidation sites excluding steroid dienone is 3. The van der Waals surface area contributed by atoms with E-state index in [1.165, 1.54) is 5.57 Å². The van der Waals surface area contributed by atoms with Crippen molar-refractivity contribution in [3.8, 4) is 0 Å². The van der Waals surface area contributed by atoms with Crippen molar-refractivity contribution < 1.29 is 4.74 Å². The second kappa shape index (κ2) is 6.76. The van der Waals surface area contributed by atoms with Crippen molar-refractivity contribution in [2.24, 2.45) is 5.92 Å². The lowest BCUT2D eigenvalue weighted by molar-refractivity contribution is 0.211. The van der Waals surface area contributed by atoms with Crippen molar-refractivity contribution in [2.45, 2.75) is 40.5 Å². The van der Waals surface area contributed by atoms with Crippen LogP contribution in [0.3, 0.4) is 0 Å². The van der Waals surface area contributed by atoms with Crippen LogP contribution in [-0.4, -0.2) is 6.61 Å². The number of ether oxygens (including phenoxy) is 1. The van der Waals surface area contributed by atoms with Gasteiger partial charge in [-0.1, -0.05) is 13.0 Å². The molecule has 0 bridgehead atoms. The third-order valence-electron chi connectivity index (χ3n) is 2.11. The number of hydrogen-bond donors (Lipinski definition) is 0. The molecule has 0 aromatic rings. The van der Waals surface area contributed by atoms with Crippen molar-refractivity contribution >= 4 is 0 Å². The molecule has 1 atom stereocenters. The van der Waals surface area contributed by atoms with Gasteiger partial charge in [-0.3, -0.25) is 0 Å². The monoisotopic (exact) mass is 182 g/mol. The summed E-state index contributed by atoms with van der Waals surface area (Å²) in [5.41, 5.74) is 1.29. The SMILES string of the molecule is C=CC(C)CCC(OCC)=C(C)C. The van der Waals surface area contributed by atoms with Crippen LogP contribution in [-0.2, 0) is 4.74 Å². The highest BCUT2D eigenvalue weighted by Gasteiger charge is 2.03. The molecule has 1 heteroatoms. The Bertz CT molecular complexity index is 176. The van der Waals surface area contributed by atoms with E-state index in [-0.39, 0.29) is 0 Å². The molecule has 0 radical (unpaired) electrons. The average Bonchev–Trinajstić information content (AvgIpc) is 2.11. The molecule has 0 aliphatic rings. The highest BCUT2D eigenvalue weighted by Crippen LogP contribution is 2.16. The first kappa shape index (κ1) is 12.3. The number of rotatable bonds is 6. The Morgan fingerprint density at radius 2 is 2.08 bits per heavy atom. The van der Waals surface area contributed by atoms with Crippen molar-refractivity contribution in [2.75, 3.05) is 6.61 Å². The highest BCUT2D eigenvalue weighted by molar-refractivity contribution is 5.03. The van der Waals surface area contributed by atoms with Crippen molar-refractivity contribution in [1.29, 1.82) is 0 Å². The zero-order valence-corrected chi connectivity index (χ0v) is 9.39. The normalized spacial score (nSPS) is 12.0. The zero-order chi connectivity index (χ0) is 10.3. The molecule has 0 spiro atoms. The molecule has 0 rings (SSSR count). The average molecular weight is 182 g/mol. The fourth-order valence-corrected chi connectivity index (χ4v) is 1.12. The standard InChI is InChI=1S/C12H22O/c1-6-11(5)8-9-12(10(3)4)13-7-2/h6,11H,1,7-9H2,2-5H3. The summed E-state index contributed by atoms with van der Waals surface area (Å²) < 4.78 is 5.54. The van der Waals surface area contributed by atoms with Crippen molar-refractivity contribution in [1.82, 2.24) is 0 Å². The van der Waals surface area contributed by atoms with E-state index in [2.05, 4.69) is 27.4 Å². The van der Waals surface area contributed by atoms with Crippen LogP contribution in [0.5, 0.6) is 0 Å². The van der Waals surface area contributed by atoms with Crippen LogP contribution < -0.4 is 0 Å². The van der Waals surface area contributed by atoms with E-state index in [4.69, 9.17) is 4.74 Å². The summed E-state index contributed by atoms with van der Waals surface area (Å²) in [6.45, 7) is 13.0. The minimum absolute atomic E-state index is 0.579. The lowest BCUT2D eigenvalue weighted by atomic mass is 10.0.